The molecule has 8 aromatic rings. The Morgan fingerprint density at radius 1 is 0.378 bits per heavy atom. The summed E-state index contributed by atoms with van der Waals surface area (Å²) in [5.41, 5.74) is 19.7. The molecule has 0 radical (unpaired) electrons. The molecule has 0 amide bonds. The van der Waals surface area contributed by atoms with Gasteiger partial charge in [-0.3, -0.25) is 29.4 Å². The number of likely N-dealkylation sites (N-methyl/N-ethyl adjacent to an activating group) is 1. The van der Waals surface area contributed by atoms with E-state index in [1.807, 2.05) is 90.9 Å². The number of aryl methyl sites for hydroxylation is 6. The number of nitrogens with two attached hydrogens (primary N) is 1. The molecule has 3 aliphatic heterocycles. The van der Waals surface area contributed by atoms with E-state index in [1.54, 1.807) is 4.31 Å². The van der Waals surface area contributed by atoms with Crippen molar-refractivity contribution in [2.75, 3.05) is 85.1 Å². The minimum Gasteiger partial charge on any atom is -0.326 e. The van der Waals surface area contributed by atoms with Gasteiger partial charge in [0.1, 0.15) is 0 Å². The molecule has 6 atom stereocenters. The molecule has 0 bridgehead atoms. The summed E-state index contributed by atoms with van der Waals surface area (Å²) in [6.45, 7) is 37.1. The Bertz CT molecular complexity index is 3830. The standard InChI is InChI=1S/C32H43N3O2S.C30H39N3O2S.C21H29N3/c1-6-35(38(36,37)32-26(3)19-25(2)20-27(32)4)31-24-34(23-30-15-11-8-12-16-30)18-17-33(21-28(31)5)22-29-13-9-7-10-14-29;1-23-17-24(2)30(25(3)18-23)36(34,35)31-29-22-33(21-28-13-9-6-10-14-28)16-15-32(19-26(29)4)20-27-11-7-5-8-12-27;1-18-14-23(15-19-8-4-2-5-9-19)12-13-24(17-21(18)22)16-20-10-6-3-7-11-20/h7-16,19-20,28,31H,6,17-18,21-24H2,1-5H3;5-14,17-18,26,29,31H,15-16,19-22H2,1-4H3;2-11,18,21H,12-17,22H2,1H3/t28-,31-;26-,29-;18-,21-/m000/s1. The maximum Gasteiger partial charge on any atom is 0.243 e. The lowest BCUT2D eigenvalue weighted by Crippen LogP contribution is -2.55. The van der Waals surface area contributed by atoms with E-state index in [9.17, 15) is 16.8 Å². The first-order valence-electron chi connectivity index (χ1n) is 35.6. The molecule has 13 nitrogen and oxygen atoms in total. The SMILES string of the molecule is CCN([C@H]1CN(Cc2ccccc2)CCN(Cc2ccccc2)C[C@@H]1C)S(=O)(=O)c1c(C)cc(C)cc1C.C[C@H]1CN(Cc2ccccc2)CCN(Cc2ccccc2)C[C@@H]1N.Cc1cc(C)c(S(=O)(=O)N[C@H]2CN(Cc3ccccc3)CCN(Cc3ccccc3)C[C@@H]2C)c(C)c1. The van der Waals surface area contributed by atoms with Gasteiger partial charge in [-0.15, -0.1) is 0 Å². The summed E-state index contributed by atoms with van der Waals surface area (Å²) in [5, 5.41) is 0. The maximum atomic E-state index is 14.3. The molecular weight excluding hydrogens is 1250 g/mol. The molecule has 524 valence electrons. The summed E-state index contributed by atoms with van der Waals surface area (Å²) >= 11 is 0. The van der Waals surface area contributed by atoms with Crippen molar-refractivity contribution in [1.82, 2.24) is 38.4 Å². The third-order valence-corrected chi connectivity index (χ3v) is 23.9. The van der Waals surface area contributed by atoms with E-state index < -0.39 is 20.0 Å². The van der Waals surface area contributed by atoms with Gasteiger partial charge in [-0.25, -0.2) is 21.6 Å². The third-order valence-electron chi connectivity index (χ3n) is 19.8. The lowest BCUT2D eigenvalue weighted by molar-refractivity contribution is 0.0848. The predicted octanol–water partition coefficient (Wildman–Crippen LogP) is 13.5. The fourth-order valence-electron chi connectivity index (χ4n) is 14.9. The highest BCUT2D eigenvalue weighted by molar-refractivity contribution is 7.89. The molecule has 3 fully saturated rings. The Morgan fingerprint density at radius 3 is 0.980 bits per heavy atom. The Balaban J connectivity index is 0.000000176. The topological polar surface area (TPSA) is 129 Å². The molecule has 0 aromatic heterocycles. The number of nitrogens with zero attached hydrogens (tertiary/aromatic N) is 7. The average Bonchev–Trinajstić information content (AvgIpc) is 0.770. The van der Waals surface area contributed by atoms with E-state index in [1.165, 1.54) is 33.4 Å². The number of benzene rings is 8. The van der Waals surface area contributed by atoms with Gasteiger partial charge >= 0.3 is 0 Å². The molecule has 0 saturated carbocycles. The molecule has 0 unspecified atom stereocenters. The van der Waals surface area contributed by atoms with Crippen molar-refractivity contribution in [2.24, 2.45) is 23.5 Å². The van der Waals surface area contributed by atoms with E-state index in [4.69, 9.17) is 5.73 Å². The predicted molar refractivity (Wildman–Crippen MR) is 405 cm³/mol. The maximum absolute atomic E-state index is 14.3. The zero-order valence-corrected chi connectivity index (χ0v) is 61.8. The zero-order chi connectivity index (χ0) is 69.8. The zero-order valence-electron chi connectivity index (χ0n) is 60.2. The van der Waals surface area contributed by atoms with E-state index >= 15 is 0 Å². The number of hydrogen-bond acceptors (Lipinski definition) is 11. The summed E-state index contributed by atoms with van der Waals surface area (Å²) in [6.07, 6.45) is 0. The van der Waals surface area contributed by atoms with Gasteiger partial charge < -0.3 is 5.73 Å². The third kappa shape index (κ3) is 22.1. The van der Waals surface area contributed by atoms with Crippen molar-refractivity contribution in [3.63, 3.8) is 0 Å². The first-order chi connectivity index (χ1) is 47.1. The van der Waals surface area contributed by atoms with Gasteiger partial charge in [0.05, 0.1) is 9.79 Å². The quantitative estimate of drug-likeness (QED) is 0.0803. The molecule has 0 aliphatic carbocycles. The van der Waals surface area contributed by atoms with Crippen molar-refractivity contribution in [2.45, 2.75) is 136 Å². The minimum atomic E-state index is -3.67. The van der Waals surface area contributed by atoms with Gasteiger partial charge in [0.15, 0.2) is 0 Å². The number of hydrogen-bond donors (Lipinski definition) is 2. The lowest BCUT2D eigenvalue weighted by atomic mass is 9.98. The van der Waals surface area contributed by atoms with Crippen molar-refractivity contribution >= 4 is 20.0 Å². The minimum absolute atomic E-state index is 0.132. The van der Waals surface area contributed by atoms with Crippen LogP contribution in [-0.4, -0.2) is 154 Å². The fraction of sp³-hybridized carbons (Fsp3) is 0.422. The second-order valence-corrected chi connectivity index (χ2v) is 31.9. The molecule has 8 aromatic carbocycles. The molecule has 0 spiro atoms. The van der Waals surface area contributed by atoms with Crippen LogP contribution in [0.1, 0.15) is 94.5 Å². The lowest BCUT2D eigenvalue weighted by Gasteiger charge is -2.42. The molecule has 15 heteroatoms. The van der Waals surface area contributed by atoms with E-state index in [0.717, 1.165) is 138 Å². The molecule has 11 rings (SSSR count). The molecule has 3 aliphatic rings. The van der Waals surface area contributed by atoms with Gasteiger partial charge in [-0.1, -0.05) is 245 Å². The van der Waals surface area contributed by atoms with E-state index in [2.05, 4.69) is 219 Å². The smallest absolute Gasteiger partial charge is 0.243 e. The first-order valence-corrected chi connectivity index (χ1v) is 38.6. The van der Waals surface area contributed by atoms with Crippen LogP contribution >= 0.6 is 0 Å². The summed E-state index contributed by atoms with van der Waals surface area (Å²) in [7, 11) is -7.34. The van der Waals surface area contributed by atoms with Gasteiger partial charge in [0.2, 0.25) is 20.0 Å². The Morgan fingerprint density at radius 2 is 0.653 bits per heavy atom. The van der Waals surface area contributed by atoms with Crippen LogP contribution in [0.4, 0.5) is 0 Å². The molecule has 3 heterocycles. The van der Waals surface area contributed by atoms with Crippen LogP contribution < -0.4 is 10.5 Å². The molecule has 98 heavy (non-hydrogen) atoms. The summed E-state index contributed by atoms with van der Waals surface area (Å²) in [4.78, 5) is 15.7. The largest absolute Gasteiger partial charge is 0.326 e. The van der Waals surface area contributed by atoms with Crippen LogP contribution in [0.2, 0.25) is 0 Å². The van der Waals surface area contributed by atoms with E-state index in [-0.39, 0.29) is 30.0 Å². The number of rotatable bonds is 19. The fourth-order valence-corrected chi connectivity index (χ4v) is 18.9. The number of nitrogens with one attached hydrogen (secondary N) is 1. The normalized spacial score (nSPS) is 20.9. The van der Waals surface area contributed by atoms with Crippen molar-refractivity contribution in [3.05, 3.63) is 273 Å². The molecular formula is C83H111N9O4S2. The van der Waals surface area contributed by atoms with Crippen molar-refractivity contribution < 1.29 is 16.8 Å². The van der Waals surface area contributed by atoms with Crippen LogP contribution in [0.3, 0.4) is 0 Å². The second-order valence-electron chi connectivity index (χ2n) is 28.4. The summed E-state index contributed by atoms with van der Waals surface area (Å²) < 4.78 is 60.9. The van der Waals surface area contributed by atoms with Gasteiger partial charge in [-0.05, 0) is 115 Å². The Hall–Kier alpha value is -6.70. The second kappa shape index (κ2) is 36.6. The average molecular weight is 1360 g/mol. The molecule has 3 saturated heterocycles. The highest BCUT2D eigenvalue weighted by atomic mass is 32.2. The number of sulfonamides is 2. The van der Waals surface area contributed by atoms with Gasteiger partial charge in [0.25, 0.3) is 0 Å². The highest BCUT2D eigenvalue weighted by Gasteiger charge is 2.39. The van der Waals surface area contributed by atoms with Crippen LogP contribution in [0, 0.1) is 59.3 Å². The van der Waals surface area contributed by atoms with Crippen molar-refractivity contribution in [1.29, 1.82) is 0 Å². The first kappa shape index (κ1) is 75.5. The van der Waals surface area contributed by atoms with E-state index in [0.29, 0.717) is 35.3 Å². The summed E-state index contributed by atoms with van der Waals surface area (Å²) in [5.74, 6) is 0.818. The highest BCUT2D eigenvalue weighted by Crippen LogP contribution is 2.31. The summed E-state index contributed by atoms with van der Waals surface area (Å²) in [6, 6.07) is 71.3. The Kier molecular flexibility index (Phi) is 28.2. The van der Waals surface area contributed by atoms with Crippen LogP contribution in [0.5, 0.6) is 0 Å². The van der Waals surface area contributed by atoms with Crippen LogP contribution in [0.15, 0.2) is 216 Å². The van der Waals surface area contributed by atoms with Crippen molar-refractivity contribution in [3.8, 4) is 0 Å². The van der Waals surface area contributed by atoms with Gasteiger partial charge in [0, 0.05) is 142 Å². The van der Waals surface area contributed by atoms with Crippen LogP contribution in [0.25, 0.3) is 0 Å². The molecule has 3 N–H and O–H groups in total. The van der Waals surface area contributed by atoms with Crippen LogP contribution in [-0.2, 0) is 59.3 Å². The monoisotopic (exact) mass is 1360 g/mol. The Labute approximate surface area is 589 Å². The van der Waals surface area contributed by atoms with Gasteiger partial charge in [-0.2, -0.15) is 4.31 Å².